The van der Waals surface area contributed by atoms with Crippen LogP contribution in [0.4, 0.5) is 0 Å². The van der Waals surface area contributed by atoms with E-state index in [9.17, 15) is 0 Å². The van der Waals surface area contributed by atoms with E-state index in [0.717, 1.165) is 0 Å². The monoisotopic (exact) mass is 64.0 g/mol. The first-order valence-electron chi connectivity index (χ1n) is 1.52. The third-order valence-corrected chi connectivity index (χ3v) is 0.455. The van der Waals surface area contributed by atoms with Crippen molar-refractivity contribution in [3.8, 4) is 0 Å². The Labute approximate surface area is 31.7 Å². The minimum absolute atomic E-state index is 1.75. The molecule has 1 radical (unpaired) electrons. The molecule has 0 aromatic carbocycles. The molecule has 0 bridgehead atoms. The number of aliphatic imine (C=N–C) groups is 1. The van der Waals surface area contributed by atoms with Crippen molar-refractivity contribution in [3.05, 3.63) is 12.2 Å². The highest BCUT2D eigenvalue weighted by molar-refractivity contribution is 6.73. The summed E-state index contributed by atoms with van der Waals surface area (Å²) in [7, 11) is 1.89. The van der Waals surface area contributed by atoms with Crippen molar-refractivity contribution >= 4 is 13.4 Å². The highest BCUT2D eigenvalue weighted by atomic mass is 14.7. The molecular formula is C3H3BN. The van der Waals surface area contributed by atoms with Gasteiger partial charge in [-0.05, 0) is 6.11 Å². The summed E-state index contributed by atoms with van der Waals surface area (Å²) in [6, 6.07) is 0. The largest absolute Gasteiger partial charge is 0.280 e. The smallest absolute Gasteiger partial charge is 0.198 e. The second-order valence-corrected chi connectivity index (χ2v) is 0.832. The predicted octanol–water partition coefficient (Wildman–Crippen LogP) is 0.204. The first-order chi connectivity index (χ1) is 2.50. The quantitative estimate of drug-likeness (QED) is 0.357. The van der Waals surface area contributed by atoms with E-state index in [1.165, 1.54) is 0 Å². The van der Waals surface area contributed by atoms with Crippen molar-refractivity contribution in [1.82, 2.24) is 0 Å². The summed E-state index contributed by atoms with van der Waals surface area (Å²) in [5.74, 6) is 1.89. The van der Waals surface area contributed by atoms with Crippen LogP contribution in [0.3, 0.4) is 0 Å². The zero-order valence-electron chi connectivity index (χ0n) is 2.76. The van der Waals surface area contributed by atoms with Crippen LogP contribution in [-0.4, -0.2) is 13.4 Å². The molecule has 1 heterocycles. The lowest BCUT2D eigenvalue weighted by atomic mass is 9.83. The van der Waals surface area contributed by atoms with Gasteiger partial charge in [-0.1, -0.05) is 5.98 Å². The second kappa shape index (κ2) is 1.06. The number of rotatable bonds is 0. The highest BCUT2D eigenvalue weighted by Crippen LogP contribution is 1.76. The van der Waals surface area contributed by atoms with E-state index in [1.54, 1.807) is 12.3 Å². The first kappa shape index (κ1) is 2.70. The van der Waals surface area contributed by atoms with Crippen LogP contribution in [0.2, 0.25) is 0 Å². The number of hydrogen-bond acceptors (Lipinski definition) is 1. The third kappa shape index (κ3) is 0.378. The summed E-state index contributed by atoms with van der Waals surface area (Å²) >= 11 is 0. The molecule has 5 heavy (non-hydrogen) atoms. The molecule has 1 nitrogen and oxygen atoms in total. The molecule has 0 aliphatic carbocycles. The lowest BCUT2D eigenvalue weighted by molar-refractivity contribution is 1.65. The van der Waals surface area contributed by atoms with Crippen LogP contribution < -0.4 is 0 Å². The molecule has 0 aromatic rings. The second-order valence-electron chi connectivity index (χ2n) is 0.832. The molecule has 0 atom stereocenters. The maximum atomic E-state index is 3.72. The van der Waals surface area contributed by atoms with Gasteiger partial charge in [-0.3, -0.25) is 4.99 Å². The normalized spacial score (nSPS) is 16.0. The minimum atomic E-state index is 1.75. The van der Waals surface area contributed by atoms with E-state index >= 15 is 0 Å². The lowest BCUT2D eigenvalue weighted by Crippen LogP contribution is -1.74. The molecule has 1 aliphatic rings. The van der Waals surface area contributed by atoms with Crippen LogP contribution >= 0.6 is 0 Å². The van der Waals surface area contributed by atoms with Crippen LogP contribution in [0.25, 0.3) is 0 Å². The molecular weight excluding hydrogens is 60.9 g/mol. The van der Waals surface area contributed by atoms with Crippen LogP contribution in [0.15, 0.2) is 17.2 Å². The Morgan fingerprint density at radius 2 is 2.60 bits per heavy atom. The molecule has 23 valence electrons. The molecule has 0 fully saturated rings. The summed E-state index contributed by atoms with van der Waals surface area (Å²) in [5, 5.41) is 0. The third-order valence-electron chi connectivity index (χ3n) is 0.455. The SMILES string of the molecule is [B]1C=CN=C1. The molecule has 0 saturated carbocycles. The lowest BCUT2D eigenvalue weighted by Gasteiger charge is -1.50. The van der Waals surface area contributed by atoms with Crippen LogP contribution in [0.5, 0.6) is 0 Å². The molecule has 0 spiro atoms. The summed E-state index contributed by atoms with van der Waals surface area (Å²) < 4.78 is 0. The van der Waals surface area contributed by atoms with Crippen molar-refractivity contribution < 1.29 is 0 Å². The zero-order chi connectivity index (χ0) is 3.54. The van der Waals surface area contributed by atoms with Crippen molar-refractivity contribution in [2.45, 2.75) is 0 Å². The summed E-state index contributed by atoms with van der Waals surface area (Å²) in [6.45, 7) is 0. The fourth-order valence-corrected chi connectivity index (χ4v) is 0.248. The van der Waals surface area contributed by atoms with Gasteiger partial charge in [-0.2, -0.15) is 0 Å². The summed E-state index contributed by atoms with van der Waals surface area (Å²) in [5.41, 5.74) is 0. The van der Waals surface area contributed by atoms with Crippen LogP contribution in [0, 0.1) is 0 Å². The van der Waals surface area contributed by atoms with Crippen LogP contribution in [-0.2, 0) is 0 Å². The molecule has 0 aromatic heterocycles. The zero-order valence-corrected chi connectivity index (χ0v) is 2.76. The van der Waals surface area contributed by atoms with Crippen molar-refractivity contribution in [2.75, 3.05) is 0 Å². The molecule has 0 saturated heterocycles. The van der Waals surface area contributed by atoms with Crippen LogP contribution in [0.1, 0.15) is 0 Å². The maximum Gasteiger partial charge on any atom is 0.198 e. The topological polar surface area (TPSA) is 12.4 Å². The van der Waals surface area contributed by atoms with E-state index in [0.29, 0.717) is 0 Å². The average molecular weight is 63.9 g/mol. The molecule has 2 heteroatoms. The first-order valence-corrected chi connectivity index (χ1v) is 1.52. The molecule has 0 amide bonds. The van der Waals surface area contributed by atoms with E-state index in [4.69, 9.17) is 0 Å². The van der Waals surface area contributed by atoms with Gasteiger partial charge in [0.15, 0.2) is 7.28 Å². The van der Waals surface area contributed by atoms with E-state index in [1.807, 2.05) is 13.3 Å². The van der Waals surface area contributed by atoms with E-state index in [-0.39, 0.29) is 0 Å². The Bertz CT molecular complexity index is 65.0. The van der Waals surface area contributed by atoms with Gasteiger partial charge >= 0.3 is 0 Å². The van der Waals surface area contributed by atoms with Gasteiger partial charge in [-0.15, -0.1) is 0 Å². The van der Waals surface area contributed by atoms with Gasteiger partial charge in [0.2, 0.25) is 0 Å². The molecule has 0 N–H and O–H groups in total. The Morgan fingerprint density at radius 1 is 1.60 bits per heavy atom. The molecule has 1 rings (SSSR count). The molecule has 1 aliphatic heterocycles. The fourth-order valence-electron chi connectivity index (χ4n) is 0.248. The van der Waals surface area contributed by atoms with E-state index in [2.05, 4.69) is 4.99 Å². The van der Waals surface area contributed by atoms with E-state index < -0.39 is 0 Å². The Hall–Kier alpha value is -0.525. The highest BCUT2D eigenvalue weighted by Gasteiger charge is 1.77. The van der Waals surface area contributed by atoms with Gasteiger partial charge < -0.3 is 0 Å². The van der Waals surface area contributed by atoms with Crippen molar-refractivity contribution in [1.29, 1.82) is 0 Å². The van der Waals surface area contributed by atoms with Gasteiger partial charge in [-0.25, -0.2) is 0 Å². The Balaban J connectivity index is 2.61. The maximum absolute atomic E-state index is 3.72. The average Bonchev–Trinajstić information content (AvgIpc) is 1.76. The number of nitrogens with zero attached hydrogens (tertiary/aromatic N) is 1. The standard InChI is InChI=1S/C3H3BN/c1-2-5-3-4-1/h1-3H. The fraction of sp³-hybridized carbons (Fsp3) is 0. The van der Waals surface area contributed by atoms with Crippen molar-refractivity contribution in [2.24, 2.45) is 4.99 Å². The van der Waals surface area contributed by atoms with Gasteiger partial charge in [0.1, 0.15) is 0 Å². The summed E-state index contributed by atoms with van der Waals surface area (Å²) in [6.07, 6.45) is 3.50. The Kier molecular flexibility index (Phi) is 0.574. The molecule has 0 unspecified atom stereocenters. The van der Waals surface area contributed by atoms with Gasteiger partial charge in [0.05, 0.1) is 0 Å². The Morgan fingerprint density at radius 3 is 2.80 bits per heavy atom. The van der Waals surface area contributed by atoms with Gasteiger partial charge in [0, 0.05) is 6.20 Å². The van der Waals surface area contributed by atoms with Gasteiger partial charge in [0.25, 0.3) is 0 Å². The van der Waals surface area contributed by atoms with Crippen molar-refractivity contribution in [3.63, 3.8) is 0 Å². The number of hydrogen-bond donors (Lipinski definition) is 0. The predicted molar refractivity (Wildman–Crippen MR) is 23.4 cm³/mol. The minimum Gasteiger partial charge on any atom is -0.280 e. The summed E-state index contributed by atoms with van der Waals surface area (Å²) in [4.78, 5) is 3.72.